The molecule has 1 atom stereocenters. The van der Waals surface area contributed by atoms with Crippen molar-refractivity contribution >= 4 is 0 Å². The molecule has 3 heteroatoms. The largest absolute Gasteiger partial charge is 0.305 e. The molecule has 3 nitrogen and oxygen atoms in total. The minimum Gasteiger partial charge on any atom is -0.305 e. The summed E-state index contributed by atoms with van der Waals surface area (Å²) in [5.74, 6) is 0. The summed E-state index contributed by atoms with van der Waals surface area (Å²) in [7, 11) is 2.18. The molecule has 0 amide bonds. The van der Waals surface area contributed by atoms with Gasteiger partial charge in [0.15, 0.2) is 0 Å². The standard InChI is InChI=1S/C11H22N2O/c1-13-8-4-5-10(9-13)12-14-11-6-2-3-7-11/h10-12H,2-9H2,1H3. The first kappa shape index (κ1) is 10.4. The van der Waals surface area contributed by atoms with E-state index in [9.17, 15) is 0 Å². The van der Waals surface area contributed by atoms with Gasteiger partial charge in [0.2, 0.25) is 0 Å². The van der Waals surface area contributed by atoms with Crippen LogP contribution < -0.4 is 5.48 Å². The fourth-order valence-corrected chi connectivity index (χ4v) is 2.46. The third kappa shape index (κ3) is 2.94. The van der Waals surface area contributed by atoms with Crippen LogP contribution in [0.25, 0.3) is 0 Å². The topological polar surface area (TPSA) is 24.5 Å². The molecule has 0 aromatic rings. The Hall–Kier alpha value is -0.120. The van der Waals surface area contributed by atoms with Gasteiger partial charge in [-0.15, -0.1) is 0 Å². The maximum atomic E-state index is 5.71. The number of hydrogen-bond acceptors (Lipinski definition) is 3. The van der Waals surface area contributed by atoms with E-state index in [1.807, 2.05) is 0 Å². The van der Waals surface area contributed by atoms with Crippen LogP contribution in [0.5, 0.6) is 0 Å². The maximum Gasteiger partial charge on any atom is 0.0790 e. The molecule has 0 radical (unpaired) electrons. The summed E-state index contributed by atoms with van der Waals surface area (Å²) in [4.78, 5) is 8.09. The monoisotopic (exact) mass is 198 g/mol. The Balaban J connectivity index is 1.64. The Morgan fingerprint density at radius 2 is 1.93 bits per heavy atom. The summed E-state index contributed by atoms with van der Waals surface area (Å²) in [5, 5.41) is 0. The van der Waals surface area contributed by atoms with E-state index < -0.39 is 0 Å². The second-order valence-corrected chi connectivity index (χ2v) is 4.74. The first-order valence-electron chi connectivity index (χ1n) is 5.94. The van der Waals surface area contributed by atoms with Crippen molar-refractivity contribution in [3.05, 3.63) is 0 Å². The van der Waals surface area contributed by atoms with Gasteiger partial charge >= 0.3 is 0 Å². The maximum absolute atomic E-state index is 5.71. The van der Waals surface area contributed by atoms with Crippen molar-refractivity contribution < 1.29 is 4.84 Å². The molecule has 0 aromatic heterocycles. The van der Waals surface area contributed by atoms with Crippen molar-refractivity contribution in [2.45, 2.75) is 50.7 Å². The number of likely N-dealkylation sites (N-methyl/N-ethyl adjacent to an activating group) is 1. The first-order valence-corrected chi connectivity index (χ1v) is 5.94. The average molecular weight is 198 g/mol. The lowest BCUT2D eigenvalue weighted by Crippen LogP contribution is -2.44. The Kier molecular flexibility index (Phi) is 3.79. The van der Waals surface area contributed by atoms with Crippen molar-refractivity contribution in [2.75, 3.05) is 20.1 Å². The quantitative estimate of drug-likeness (QED) is 0.696. The number of likely N-dealkylation sites (tertiary alicyclic amines) is 1. The highest BCUT2D eigenvalue weighted by Crippen LogP contribution is 2.20. The number of nitrogens with one attached hydrogen (secondary N) is 1. The summed E-state index contributed by atoms with van der Waals surface area (Å²) in [5.41, 5.74) is 3.25. The zero-order chi connectivity index (χ0) is 9.80. The van der Waals surface area contributed by atoms with E-state index >= 15 is 0 Å². The molecule has 1 saturated carbocycles. The first-order chi connectivity index (χ1) is 6.84. The van der Waals surface area contributed by atoms with Crippen LogP contribution in [0.15, 0.2) is 0 Å². The van der Waals surface area contributed by atoms with Crippen LogP contribution in [0.2, 0.25) is 0 Å². The Bertz CT molecular complexity index is 169. The molecule has 1 unspecified atom stereocenters. The zero-order valence-electron chi connectivity index (χ0n) is 9.17. The Morgan fingerprint density at radius 1 is 1.14 bits per heavy atom. The summed E-state index contributed by atoms with van der Waals surface area (Å²) >= 11 is 0. The van der Waals surface area contributed by atoms with Gasteiger partial charge in [0, 0.05) is 12.6 Å². The van der Waals surface area contributed by atoms with Gasteiger partial charge in [-0.3, -0.25) is 4.84 Å². The summed E-state index contributed by atoms with van der Waals surface area (Å²) < 4.78 is 0. The SMILES string of the molecule is CN1CCCC(NOC2CCCC2)C1. The molecule has 0 bridgehead atoms. The van der Waals surface area contributed by atoms with Crippen LogP contribution in [0, 0.1) is 0 Å². The number of rotatable bonds is 3. The van der Waals surface area contributed by atoms with Crippen molar-refractivity contribution in [1.29, 1.82) is 0 Å². The van der Waals surface area contributed by atoms with E-state index in [2.05, 4.69) is 17.4 Å². The molecular weight excluding hydrogens is 176 g/mol. The van der Waals surface area contributed by atoms with Gasteiger partial charge in [-0.05, 0) is 39.3 Å². The average Bonchev–Trinajstić information content (AvgIpc) is 2.67. The van der Waals surface area contributed by atoms with Crippen LogP contribution in [0.4, 0.5) is 0 Å². The highest BCUT2D eigenvalue weighted by molar-refractivity contribution is 4.74. The molecule has 0 spiro atoms. The number of nitrogens with zero attached hydrogens (tertiary/aromatic N) is 1. The van der Waals surface area contributed by atoms with Crippen LogP contribution in [-0.2, 0) is 4.84 Å². The van der Waals surface area contributed by atoms with Crippen LogP contribution >= 0.6 is 0 Å². The van der Waals surface area contributed by atoms with E-state index in [1.54, 1.807) is 0 Å². The van der Waals surface area contributed by atoms with Crippen LogP contribution in [0.3, 0.4) is 0 Å². The van der Waals surface area contributed by atoms with E-state index in [4.69, 9.17) is 4.84 Å². The van der Waals surface area contributed by atoms with Gasteiger partial charge in [0.1, 0.15) is 0 Å². The Labute approximate surface area is 86.8 Å². The van der Waals surface area contributed by atoms with Crippen molar-refractivity contribution in [2.24, 2.45) is 0 Å². The molecule has 14 heavy (non-hydrogen) atoms. The summed E-state index contributed by atoms with van der Waals surface area (Å²) in [6.07, 6.45) is 8.22. The lowest BCUT2D eigenvalue weighted by Gasteiger charge is -2.30. The molecule has 82 valence electrons. The van der Waals surface area contributed by atoms with Crippen LogP contribution in [0.1, 0.15) is 38.5 Å². The molecule has 1 saturated heterocycles. The molecule has 2 rings (SSSR count). The van der Waals surface area contributed by atoms with Gasteiger partial charge < -0.3 is 4.90 Å². The molecule has 2 fully saturated rings. The molecule has 1 aliphatic heterocycles. The highest BCUT2D eigenvalue weighted by atomic mass is 16.7. The third-order valence-corrected chi connectivity index (χ3v) is 3.33. The number of hydroxylamine groups is 1. The van der Waals surface area contributed by atoms with Gasteiger partial charge in [-0.25, -0.2) is 0 Å². The predicted octanol–water partition coefficient (Wildman–Crippen LogP) is 1.54. The predicted molar refractivity (Wildman–Crippen MR) is 57.0 cm³/mol. The number of piperidine rings is 1. The minimum absolute atomic E-state index is 0.488. The summed E-state index contributed by atoms with van der Waals surface area (Å²) in [6.45, 7) is 2.37. The molecule has 2 aliphatic rings. The Morgan fingerprint density at radius 3 is 2.64 bits per heavy atom. The van der Waals surface area contributed by atoms with Gasteiger partial charge in [0.25, 0.3) is 0 Å². The van der Waals surface area contributed by atoms with E-state index in [0.717, 1.165) is 6.54 Å². The van der Waals surface area contributed by atoms with Gasteiger partial charge in [0.05, 0.1) is 6.10 Å². The molecule has 1 aliphatic carbocycles. The third-order valence-electron chi connectivity index (χ3n) is 3.33. The van der Waals surface area contributed by atoms with Gasteiger partial charge in [-0.1, -0.05) is 12.8 Å². The highest BCUT2D eigenvalue weighted by Gasteiger charge is 2.20. The zero-order valence-corrected chi connectivity index (χ0v) is 9.17. The van der Waals surface area contributed by atoms with E-state index in [1.165, 1.54) is 45.1 Å². The van der Waals surface area contributed by atoms with Gasteiger partial charge in [-0.2, -0.15) is 5.48 Å². The molecule has 0 aromatic carbocycles. The second kappa shape index (κ2) is 5.10. The van der Waals surface area contributed by atoms with Crippen molar-refractivity contribution in [3.63, 3.8) is 0 Å². The van der Waals surface area contributed by atoms with Crippen molar-refractivity contribution in [3.8, 4) is 0 Å². The van der Waals surface area contributed by atoms with E-state index in [0.29, 0.717) is 12.1 Å². The van der Waals surface area contributed by atoms with Crippen LogP contribution in [-0.4, -0.2) is 37.2 Å². The fourth-order valence-electron chi connectivity index (χ4n) is 2.46. The fraction of sp³-hybridized carbons (Fsp3) is 1.00. The normalized spacial score (nSPS) is 31.1. The smallest absolute Gasteiger partial charge is 0.0790 e. The lowest BCUT2D eigenvalue weighted by atomic mass is 10.1. The molecular formula is C11H22N2O. The number of hydrogen-bond donors (Lipinski definition) is 1. The lowest BCUT2D eigenvalue weighted by molar-refractivity contribution is -0.0508. The minimum atomic E-state index is 0.488. The second-order valence-electron chi connectivity index (χ2n) is 4.74. The molecule has 1 heterocycles. The van der Waals surface area contributed by atoms with Crippen molar-refractivity contribution in [1.82, 2.24) is 10.4 Å². The molecule has 1 N–H and O–H groups in total. The summed E-state index contributed by atoms with van der Waals surface area (Å²) in [6, 6.07) is 0.550. The van der Waals surface area contributed by atoms with E-state index in [-0.39, 0.29) is 0 Å².